The molecule has 0 atom stereocenters. The Bertz CT molecular complexity index is 313. The predicted octanol–water partition coefficient (Wildman–Crippen LogP) is 1.78. The Hall–Kier alpha value is -0.680. The summed E-state index contributed by atoms with van der Waals surface area (Å²) in [6.45, 7) is 2.83. The summed E-state index contributed by atoms with van der Waals surface area (Å²) in [4.78, 5) is 4.46. The molecule has 1 saturated carbocycles. The zero-order valence-corrected chi connectivity index (χ0v) is 9.94. The molecule has 4 nitrogen and oxygen atoms in total. The van der Waals surface area contributed by atoms with E-state index in [1.165, 1.54) is 18.0 Å². The smallest absolute Gasteiger partial charge is 0.203 e. The number of aromatic nitrogens is 2. The monoisotopic (exact) mass is 226 g/mol. The molecule has 1 fully saturated rings. The first-order valence-electron chi connectivity index (χ1n) is 5.59. The second kappa shape index (κ2) is 4.45. The molecule has 1 aliphatic carbocycles. The van der Waals surface area contributed by atoms with Gasteiger partial charge in [0.25, 0.3) is 0 Å². The van der Waals surface area contributed by atoms with Crippen molar-refractivity contribution in [3.8, 4) is 0 Å². The van der Waals surface area contributed by atoms with Crippen LogP contribution in [0.3, 0.4) is 0 Å². The summed E-state index contributed by atoms with van der Waals surface area (Å²) >= 11 is 1.45. The van der Waals surface area contributed by atoms with Crippen molar-refractivity contribution in [2.75, 3.05) is 11.9 Å². The minimum Gasteiger partial charge on any atom is -0.354 e. The Balaban J connectivity index is 1.97. The lowest BCUT2D eigenvalue weighted by Crippen LogP contribution is -2.51. The van der Waals surface area contributed by atoms with Crippen LogP contribution in [0.4, 0.5) is 5.13 Å². The minimum absolute atomic E-state index is 0.114. The summed E-state index contributed by atoms with van der Waals surface area (Å²) in [5.74, 6) is 0.955. The van der Waals surface area contributed by atoms with E-state index in [1.54, 1.807) is 0 Å². The van der Waals surface area contributed by atoms with Crippen LogP contribution in [-0.4, -0.2) is 21.4 Å². The average Bonchev–Trinajstić information content (AvgIpc) is 2.60. The summed E-state index contributed by atoms with van der Waals surface area (Å²) in [6.07, 6.45) is 5.65. The number of anilines is 1. The Morgan fingerprint density at radius 2 is 2.33 bits per heavy atom. The zero-order valence-electron chi connectivity index (χ0n) is 9.12. The molecular formula is C10H18N4S. The van der Waals surface area contributed by atoms with Gasteiger partial charge in [-0.15, -0.1) is 0 Å². The van der Waals surface area contributed by atoms with Crippen LogP contribution in [0.1, 0.15) is 38.4 Å². The van der Waals surface area contributed by atoms with E-state index in [1.807, 2.05) is 0 Å². The summed E-state index contributed by atoms with van der Waals surface area (Å²) in [6, 6.07) is 0. The number of rotatable bonds is 5. The number of nitrogens with zero attached hydrogens (tertiary/aromatic N) is 2. The molecule has 0 bridgehead atoms. The van der Waals surface area contributed by atoms with E-state index >= 15 is 0 Å². The standard InChI is InChI=1S/C10H18N4S/c1-2-4-8-12-9(15-14-8)13-10(7-11)5-3-6-10/h2-7,11H2,1H3,(H,12,13,14). The number of nitrogens with two attached hydrogens (primary N) is 1. The Morgan fingerprint density at radius 1 is 1.53 bits per heavy atom. The summed E-state index contributed by atoms with van der Waals surface area (Å²) < 4.78 is 4.31. The molecule has 1 heterocycles. The van der Waals surface area contributed by atoms with Crippen molar-refractivity contribution < 1.29 is 0 Å². The molecule has 0 aliphatic heterocycles. The van der Waals surface area contributed by atoms with Gasteiger partial charge >= 0.3 is 0 Å². The maximum atomic E-state index is 5.78. The lowest BCUT2D eigenvalue weighted by molar-refractivity contribution is 0.287. The van der Waals surface area contributed by atoms with Crippen molar-refractivity contribution in [3.63, 3.8) is 0 Å². The van der Waals surface area contributed by atoms with Crippen LogP contribution in [0, 0.1) is 0 Å². The number of nitrogens with one attached hydrogen (secondary N) is 1. The van der Waals surface area contributed by atoms with Crippen molar-refractivity contribution in [2.24, 2.45) is 5.73 Å². The molecule has 5 heteroatoms. The van der Waals surface area contributed by atoms with E-state index < -0.39 is 0 Å². The summed E-state index contributed by atoms with van der Waals surface area (Å²) in [7, 11) is 0. The highest BCUT2D eigenvalue weighted by atomic mass is 32.1. The summed E-state index contributed by atoms with van der Waals surface area (Å²) in [5.41, 5.74) is 5.89. The molecule has 0 amide bonds. The molecule has 0 aromatic carbocycles. The van der Waals surface area contributed by atoms with Crippen molar-refractivity contribution >= 4 is 16.7 Å². The Morgan fingerprint density at radius 3 is 2.87 bits per heavy atom. The van der Waals surface area contributed by atoms with Gasteiger partial charge in [0, 0.05) is 24.5 Å². The van der Waals surface area contributed by atoms with E-state index in [2.05, 4.69) is 21.6 Å². The van der Waals surface area contributed by atoms with Gasteiger partial charge in [-0.1, -0.05) is 6.92 Å². The first-order chi connectivity index (χ1) is 7.28. The molecule has 3 N–H and O–H groups in total. The third-order valence-electron chi connectivity index (χ3n) is 3.02. The molecule has 0 spiro atoms. The van der Waals surface area contributed by atoms with Gasteiger partial charge in [0.05, 0.1) is 5.54 Å². The lowest BCUT2D eigenvalue weighted by Gasteiger charge is -2.41. The van der Waals surface area contributed by atoms with Crippen LogP contribution >= 0.6 is 11.5 Å². The third kappa shape index (κ3) is 2.29. The van der Waals surface area contributed by atoms with Gasteiger partial charge in [-0.2, -0.15) is 4.37 Å². The fourth-order valence-electron chi connectivity index (χ4n) is 1.84. The van der Waals surface area contributed by atoms with Crippen LogP contribution < -0.4 is 11.1 Å². The van der Waals surface area contributed by atoms with Crippen molar-refractivity contribution in [1.29, 1.82) is 0 Å². The molecule has 0 unspecified atom stereocenters. The number of hydrogen-bond donors (Lipinski definition) is 2. The van der Waals surface area contributed by atoms with E-state index in [4.69, 9.17) is 5.73 Å². The van der Waals surface area contributed by atoms with Gasteiger partial charge in [0.15, 0.2) is 0 Å². The fraction of sp³-hybridized carbons (Fsp3) is 0.800. The van der Waals surface area contributed by atoms with Crippen molar-refractivity contribution in [1.82, 2.24) is 9.36 Å². The van der Waals surface area contributed by atoms with Gasteiger partial charge in [0.2, 0.25) is 5.13 Å². The third-order valence-corrected chi connectivity index (χ3v) is 3.68. The van der Waals surface area contributed by atoms with Crippen LogP contribution in [0.25, 0.3) is 0 Å². The Kier molecular flexibility index (Phi) is 3.21. The van der Waals surface area contributed by atoms with Crippen LogP contribution in [0.15, 0.2) is 0 Å². The quantitative estimate of drug-likeness (QED) is 0.803. The molecule has 0 radical (unpaired) electrons. The molecular weight excluding hydrogens is 208 g/mol. The highest BCUT2D eigenvalue weighted by molar-refractivity contribution is 7.09. The fourth-order valence-corrected chi connectivity index (χ4v) is 2.57. The van der Waals surface area contributed by atoms with Crippen LogP contribution in [0.5, 0.6) is 0 Å². The van der Waals surface area contributed by atoms with Crippen molar-refractivity contribution in [2.45, 2.75) is 44.6 Å². The minimum atomic E-state index is 0.114. The molecule has 84 valence electrons. The first kappa shape index (κ1) is 10.8. The molecule has 1 aromatic heterocycles. The molecule has 2 rings (SSSR count). The van der Waals surface area contributed by atoms with Gasteiger partial charge in [-0.05, 0) is 25.7 Å². The maximum absolute atomic E-state index is 5.78. The van der Waals surface area contributed by atoms with Gasteiger partial charge in [-0.25, -0.2) is 4.98 Å². The summed E-state index contributed by atoms with van der Waals surface area (Å²) in [5, 5.41) is 4.37. The molecule has 1 aromatic rings. The molecule has 1 aliphatic rings. The van der Waals surface area contributed by atoms with E-state index in [9.17, 15) is 0 Å². The lowest BCUT2D eigenvalue weighted by atomic mass is 9.77. The zero-order chi connectivity index (χ0) is 10.7. The van der Waals surface area contributed by atoms with E-state index in [-0.39, 0.29) is 5.54 Å². The normalized spacial score (nSPS) is 18.5. The molecule has 0 saturated heterocycles. The highest BCUT2D eigenvalue weighted by Gasteiger charge is 2.36. The van der Waals surface area contributed by atoms with E-state index in [0.29, 0.717) is 6.54 Å². The van der Waals surface area contributed by atoms with Crippen molar-refractivity contribution in [3.05, 3.63) is 5.82 Å². The van der Waals surface area contributed by atoms with Gasteiger partial charge in [-0.3, -0.25) is 0 Å². The van der Waals surface area contributed by atoms with Gasteiger partial charge < -0.3 is 11.1 Å². The topological polar surface area (TPSA) is 63.8 Å². The maximum Gasteiger partial charge on any atom is 0.203 e. The Labute approximate surface area is 94.5 Å². The second-order valence-electron chi connectivity index (χ2n) is 4.23. The SMILES string of the molecule is CCCc1nsc(NC2(CN)CCC2)n1. The number of hydrogen-bond acceptors (Lipinski definition) is 5. The van der Waals surface area contributed by atoms with Crippen LogP contribution in [-0.2, 0) is 6.42 Å². The largest absolute Gasteiger partial charge is 0.354 e. The van der Waals surface area contributed by atoms with Crippen LogP contribution in [0.2, 0.25) is 0 Å². The predicted molar refractivity (Wildman–Crippen MR) is 63.2 cm³/mol. The first-order valence-corrected chi connectivity index (χ1v) is 6.36. The van der Waals surface area contributed by atoms with E-state index in [0.717, 1.165) is 36.6 Å². The van der Waals surface area contributed by atoms with Gasteiger partial charge in [0.1, 0.15) is 5.82 Å². The molecule has 15 heavy (non-hydrogen) atoms. The average molecular weight is 226 g/mol. The highest BCUT2D eigenvalue weighted by Crippen LogP contribution is 2.34. The second-order valence-corrected chi connectivity index (χ2v) is 4.98. The number of aryl methyl sites for hydroxylation is 1.